The van der Waals surface area contributed by atoms with Crippen molar-refractivity contribution in [2.45, 2.75) is 50.6 Å². The van der Waals surface area contributed by atoms with Crippen LogP contribution >= 0.6 is 0 Å². The molecule has 39 heavy (non-hydrogen) atoms. The molecule has 1 aromatic carbocycles. The third-order valence-electron chi connectivity index (χ3n) is 6.17. The van der Waals surface area contributed by atoms with Gasteiger partial charge in [0.05, 0.1) is 5.39 Å². The molecule has 3 aromatic rings. The monoisotopic (exact) mass is 541 g/mol. The first-order valence-electron chi connectivity index (χ1n) is 12.2. The van der Waals surface area contributed by atoms with Gasteiger partial charge in [0.1, 0.15) is 23.5 Å². The van der Waals surface area contributed by atoms with Crippen molar-refractivity contribution in [3.05, 3.63) is 47.2 Å². The first-order chi connectivity index (χ1) is 18.5. The van der Waals surface area contributed by atoms with Crippen LogP contribution in [0.5, 0.6) is 0 Å². The van der Waals surface area contributed by atoms with Crippen molar-refractivity contribution in [3.63, 3.8) is 0 Å². The highest BCUT2D eigenvalue weighted by Gasteiger charge is 2.22. The molecule has 2 atom stereocenters. The SMILES string of the molecule is Nc1nc(N)c2c(CCc3ccc(C(=O)N[C@@H](CCCNC(CCC(=O)O)C(=O)O)C(=O)O)cc3)c[nH]c2n1. The van der Waals surface area contributed by atoms with E-state index >= 15 is 0 Å². The Bertz CT molecular complexity index is 1340. The molecule has 0 fully saturated rings. The summed E-state index contributed by atoms with van der Waals surface area (Å²) in [6.45, 7) is 0.145. The molecule has 0 aliphatic rings. The zero-order valence-electron chi connectivity index (χ0n) is 21.0. The van der Waals surface area contributed by atoms with Gasteiger partial charge in [0.25, 0.3) is 5.91 Å². The summed E-state index contributed by atoms with van der Waals surface area (Å²) in [5, 5.41) is 33.3. The summed E-state index contributed by atoms with van der Waals surface area (Å²) in [7, 11) is 0. The van der Waals surface area contributed by atoms with E-state index in [9.17, 15) is 24.3 Å². The van der Waals surface area contributed by atoms with E-state index in [1.165, 1.54) is 0 Å². The number of carbonyl (C=O) groups excluding carboxylic acids is 1. The molecule has 14 heteroatoms. The third kappa shape index (κ3) is 8.13. The molecule has 1 amide bonds. The van der Waals surface area contributed by atoms with Crippen LogP contribution in [0.4, 0.5) is 11.8 Å². The van der Waals surface area contributed by atoms with Gasteiger partial charge in [0.15, 0.2) is 0 Å². The van der Waals surface area contributed by atoms with Gasteiger partial charge in [-0.2, -0.15) is 9.97 Å². The van der Waals surface area contributed by atoms with E-state index < -0.39 is 35.9 Å². The lowest BCUT2D eigenvalue weighted by atomic mass is 10.0. The Morgan fingerprint density at radius 3 is 2.26 bits per heavy atom. The van der Waals surface area contributed by atoms with Crippen molar-refractivity contribution < 1.29 is 34.5 Å². The van der Waals surface area contributed by atoms with Crippen LogP contribution in [0, 0.1) is 0 Å². The first kappa shape index (κ1) is 28.8. The quantitative estimate of drug-likeness (QED) is 0.124. The Morgan fingerprint density at radius 1 is 0.923 bits per heavy atom. The summed E-state index contributed by atoms with van der Waals surface area (Å²) in [5.74, 6) is -3.68. The smallest absolute Gasteiger partial charge is 0.326 e. The van der Waals surface area contributed by atoms with Gasteiger partial charge in [-0.15, -0.1) is 0 Å². The second-order valence-electron chi connectivity index (χ2n) is 8.99. The Kier molecular flexibility index (Phi) is 9.75. The lowest BCUT2D eigenvalue weighted by molar-refractivity contribution is -0.141. The molecule has 14 nitrogen and oxygen atoms in total. The summed E-state index contributed by atoms with van der Waals surface area (Å²) < 4.78 is 0. The summed E-state index contributed by atoms with van der Waals surface area (Å²) >= 11 is 0. The standard InChI is InChI=1S/C25H31N7O7/c26-20-19-15(12-29-21(19)32-25(27)31-20)8-5-13-3-6-14(7-4-13)22(35)30-17(24(38)39)2-1-11-28-16(23(36)37)9-10-18(33)34/h3-4,6-7,12,16-17,28H,1-2,5,8-11H2,(H,30,35)(H,33,34)(H,36,37)(H,38,39)(H5,26,27,29,31,32)/t16?,17-/m0/s1. The predicted molar refractivity (Wildman–Crippen MR) is 141 cm³/mol. The van der Waals surface area contributed by atoms with Crippen molar-refractivity contribution in [2.24, 2.45) is 0 Å². The summed E-state index contributed by atoms with van der Waals surface area (Å²) in [5.41, 5.74) is 14.4. The van der Waals surface area contributed by atoms with E-state index in [0.717, 1.165) is 11.1 Å². The zero-order valence-corrected chi connectivity index (χ0v) is 21.0. The van der Waals surface area contributed by atoms with Crippen LogP contribution in [0.25, 0.3) is 11.0 Å². The molecule has 0 bridgehead atoms. The number of hydrogen-bond acceptors (Lipinski definition) is 9. The van der Waals surface area contributed by atoms with Gasteiger partial charge < -0.3 is 42.4 Å². The first-order valence-corrected chi connectivity index (χ1v) is 12.2. The van der Waals surface area contributed by atoms with Crippen LogP contribution in [-0.4, -0.2) is 72.7 Å². The largest absolute Gasteiger partial charge is 0.481 e. The van der Waals surface area contributed by atoms with Gasteiger partial charge in [-0.25, -0.2) is 4.79 Å². The molecule has 0 aliphatic carbocycles. The molecule has 208 valence electrons. The second-order valence-corrected chi connectivity index (χ2v) is 8.99. The number of benzene rings is 1. The highest BCUT2D eigenvalue weighted by molar-refractivity contribution is 5.96. The molecule has 10 N–H and O–H groups in total. The number of rotatable bonds is 15. The molecular formula is C25H31N7O7. The van der Waals surface area contributed by atoms with Crippen molar-refractivity contribution in [1.82, 2.24) is 25.6 Å². The number of carboxylic acids is 3. The molecule has 1 unspecified atom stereocenters. The van der Waals surface area contributed by atoms with Crippen LogP contribution < -0.4 is 22.1 Å². The number of nitrogens with one attached hydrogen (secondary N) is 3. The molecule has 0 saturated heterocycles. The van der Waals surface area contributed by atoms with Gasteiger partial charge in [0, 0.05) is 18.2 Å². The van der Waals surface area contributed by atoms with Gasteiger partial charge >= 0.3 is 17.9 Å². The maximum absolute atomic E-state index is 12.6. The minimum atomic E-state index is -1.22. The summed E-state index contributed by atoms with van der Waals surface area (Å²) in [6, 6.07) is 4.55. The Hall–Kier alpha value is -4.72. The number of H-pyrrole nitrogens is 1. The van der Waals surface area contributed by atoms with Crippen LogP contribution in [0.2, 0.25) is 0 Å². The fourth-order valence-corrected chi connectivity index (χ4v) is 4.11. The molecule has 0 saturated carbocycles. The maximum atomic E-state index is 12.6. The van der Waals surface area contributed by atoms with E-state index in [4.69, 9.17) is 21.7 Å². The number of amides is 1. The highest BCUT2D eigenvalue weighted by Crippen LogP contribution is 2.24. The number of aryl methyl sites for hydroxylation is 2. The van der Waals surface area contributed by atoms with Crippen LogP contribution in [0.1, 0.15) is 47.2 Å². The van der Waals surface area contributed by atoms with Crippen LogP contribution in [-0.2, 0) is 27.2 Å². The molecule has 0 radical (unpaired) electrons. The van der Waals surface area contributed by atoms with Gasteiger partial charge in [-0.1, -0.05) is 12.1 Å². The molecule has 0 aliphatic heterocycles. The minimum absolute atomic E-state index is 0.0561. The Morgan fingerprint density at radius 2 is 1.62 bits per heavy atom. The average molecular weight is 542 g/mol. The van der Waals surface area contributed by atoms with Crippen molar-refractivity contribution >= 4 is 46.6 Å². The average Bonchev–Trinajstić information content (AvgIpc) is 3.28. The lowest BCUT2D eigenvalue weighted by Gasteiger charge is -2.17. The number of carbonyl (C=O) groups is 4. The van der Waals surface area contributed by atoms with Crippen molar-refractivity contribution in [1.29, 1.82) is 0 Å². The second kappa shape index (κ2) is 13.2. The number of anilines is 2. The fourth-order valence-electron chi connectivity index (χ4n) is 4.11. The fraction of sp³-hybridized carbons (Fsp3) is 0.360. The maximum Gasteiger partial charge on any atom is 0.326 e. The Balaban J connectivity index is 1.50. The highest BCUT2D eigenvalue weighted by atomic mass is 16.4. The van der Waals surface area contributed by atoms with E-state index in [1.807, 2.05) is 0 Å². The molecule has 0 spiro atoms. The van der Waals surface area contributed by atoms with E-state index in [-0.39, 0.29) is 38.2 Å². The third-order valence-corrected chi connectivity index (χ3v) is 6.17. The number of aromatic amines is 1. The Labute approximate surface area is 222 Å². The number of hydrogen-bond donors (Lipinski definition) is 8. The molecular weight excluding hydrogens is 510 g/mol. The van der Waals surface area contributed by atoms with E-state index in [2.05, 4.69) is 25.6 Å². The van der Waals surface area contributed by atoms with Gasteiger partial charge in [-0.05, 0) is 61.9 Å². The number of fused-ring (bicyclic) bond motifs is 1. The molecule has 2 aromatic heterocycles. The predicted octanol–water partition coefficient (Wildman–Crippen LogP) is 0.778. The number of carboxylic acid groups (broad SMARTS) is 3. The minimum Gasteiger partial charge on any atom is -0.481 e. The number of nitrogens with zero attached hydrogens (tertiary/aromatic N) is 2. The normalized spacial score (nSPS) is 12.6. The van der Waals surface area contributed by atoms with E-state index in [1.54, 1.807) is 30.5 Å². The van der Waals surface area contributed by atoms with Gasteiger partial charge in [-0.3, -0.25) is 14.4 Å². The number of aromatic nitrogens is 3. The zero-order chi connectivity index (χ0) is 28.5. The molecule has 2 heterocycles. The molecule has 3 rings (SSSR count). The number of aliphatic carboxylic acids is 3. The summed E-state index contributed by atoms with van der Waals surface area (Å²) in [4.78, 5) is 57.3. The van der Waals surface area contributed by atoms with Crippen molar-refractivity contribution in [2.75, 3.05) is 18.0 Å². The topological polar surface area (TPSA) is 247 Å². The van der Waals surface area contributed by atoms with Crippen LogP contribution in [0.15, 0.2) is 30.5 Å². The van der Waals surface area contributed by atoms with Gasteiger partial charge in [0.2, 0.25) is 5.95 Å². The van der Waals surface area contributed by atoms with E-state index in [0.29, 0.717) is 35.3 Å². The number of nitrogens with two attached hydrogens (primary N) is 2. The summed E-state index contributed by atoms with van der Waals surface area (Å²) in [6.07, 6.45) is 2.99. The number of nitrogen functional groups attached to an aromatic ring is 2. The van der Waals surface area contributed by atoms with Crippen LogP contribution in [0.3, 0.4) is 0 Å². The van der Waals surface area contributed by atoms with Crippen molar-refractivity contribution in [3.8, 4) is 0 Å². The lowest BCUT2D eigenvalue weighted by Crippen LogP contribution is -2.42.